The van der Waals surface area contributed by atoms with Crippen LogP contribution in [0, 0.1) is 0 Å². The standard InChI is InChI=1S/C75H123NO10/c1-4-7-10-13-16-19-22-25-27-29-31-33-34-35-37-38-40-42-44-47-50-53-56-59-62-68(79)74(83)76-66(67(78)61-58-55-52-49-46-24-21-18-15-12-9-6-3)65-84-75-73(72(82)71(81)69(64-77)85-75)86-70(80)63-60-57-54-51-48-45-43-41-39-36-32-30-28-26-23-20-17-14-11-8-5-2/h7-8,10-11,16-17,19-20,25-28,31-33,35-37,41,43,48,51,58,61,66-69,71-73,75,77-79,81-82H,4-6,9,12-15,18,21-24,29-30,34,38-40,42,44-47,49-50,52-57,59-60,62-65H2,1-3H3,(H,76,83)/b10-7-,11-8-,19-16-,20-17-,27-25-,28-26-,33-31-,36-32-,37-35-,43-41-,51-48-,61-58+. The fraction of sp³-hybridized carbons (Fsp3) is 0.653. The molecule has 6 N–H and O–H groups in total. The second-order valence-corrected chi connectivity index (χ2v) is 22.8. The first kappa shape index (κ1) is 79.6. The number of aliphatic hydroxyl groups excluding tert-OH is 5. The molecule has 1 aliphatic rings. The van der Waals surface area contributed by atoms with Crippen molar-refractivity contribution in [3.63, 3.8) is 0 Å². The van der Waals surface area contributed by atoms with Crippen molar-refractivity contribution < 1.29 is 49.3 Å². The van der Waals surface area contributed by atoms with Gasteiger partial charge in [0, 0.05) is 6.42 Å². The first-order valence-electron chi connectivity index (χ1n) is 34.1. The number of hydrogen-bond donors (Lipinski definition) is 6. The van der Waals surface area contributed by atoms with Crippen molar-refractivity contribution in [2.24, 2.45) is 0 Å². The number of aliphatic hydroxyl groups is 5. The molecule has 0 radical (unpaired) electrons. The lowest BCUT2D eigenvalue weighted by Gasteiger charge is -2.41. The maximum Gasteiger partial charge on any atom is 0.306 e. The lowest BCUT2D eigenvalue weighted by Crippen LogP contribution is -2.61. The molecule has 0 aromatic carbocycles. The molecule has 8 atom stereocenters. The van der Waals surface area contributed by atoms with Crippen molar-refractivity contribution in [2.45, 2.75) is 301 Å². The molecule has 0 saturated carbocycles. The van der Waals surface area contributed by atoms with Gasteiger partial charge in [-0.05, 0) is 122 Å². The molecular formula is C75H123NO10. The van der Waals surface area contributed by atoms with Crippen LogP contribution in [0.5, 0.6) is 0 Å². The molecule has 1 amide bonds. The Morgan fingerprint density at radius 1 is 0.465 bits per heavy atom. The first-order valence-corrected chi connectivity index (χ1v) is 34.1. The second-order valence-electron chi connectivity index (χ2n) is 22.8. The Kier molecular flexibility index (Phi) is 56.2. The monoisotopic (exact) mass is 1200 g/mol. The van der Waals surface area contributed by atoms with Crippen LogP contribution in [0.25, 0.3) is 0 Å². The maximum absolute atomic E-state index is 13.5. The molecule has 0 aromatic rings. The van der Waals surface area contributed by atoms with Crippen molar-refractivity contribution in [3.8, 4) is 0 Å². The predicted octanol–water partition coefficient (Wildman–Crippen LogP) is 17.3. The number of carbonyl (C=O) groups excluding carboxylic acids is 2. The summed E-state index contributed by atoms with van der Waals surface area (Å²) in [5, 5.41) is 57.2. The number of ether oxygens (including phenoxy) is 3. The van der Waals surface area contributed by atoms with Crippen molar-refractivity contribution in [1.29, 1.82) is 0 Å². The quantitative estimate of drug-likeness (QED) is 0.0195. The molecule has 11 nitrogen and oxygen atoms in total. The highest BCUT2D eigenvalue weighted by molar-refractivity contribution is 5.80. The van der Waals surface area contributed by atoms with E-state index in [9.17, 15) is 35.1 Å². The lowest BCUT2D eigenvalue weighted by atomic mass is 9.99. The molecule has 0 spiro atoms. The molecular weight excluding hydrogens is 1070 g/mol. The van der Waals surface area contributed by atoms with Crippen LogP contribution in [0.2, 0.25) is 0 Å². The Bertz CT molecular complexity index is 1960. The van der Waals surface area contributed by atoms with Crippen LogP contribution >= 0.6 is 0 Å². The molecule has 11 heteroatoms. The molecule has 488 valence electrons. The minimum atomic E-state index is -1.64. The molecule has 8 unspecified atom stereocenters. The highest BCUT2D eigenvalue weighted by Crippen LogP contribution is 2.26. The zero-order valence-electron chi connectivity index (χ0n) is 54.1. The first-order chi connectivity index (χ1) is 42.2. The minimum Gasteiger partial charge on any atom is -0.454 e. The van der Waals surface area contributed by atoms with Crippen LogP contribution in [0.1, 0.15) is 252 Å². The average molecular weight is 1200 g/mol. The summed E-state index contributed by atoms with van der Waals surface area (Å²) in [4.78, 5) is 26.6. The molecule has 0 aromatic heterocycles. The Hall–Kier alpha value is -4.46. The van der Waals surface area contributed by atoms with E-state index >= 15 is 0 Å². The van der Waals surface area contributed by atoms with E-state index in [1.807, 2.05) is 6.08 Å². The largest absolute Gasteiger partial charge is 0.454 e. The lowest BCUT2D eigenvalue weighted by molar-refractivity contribution is -0.305. The van der Waals surface area contributed by atoms with Gasteiger partial charge in [0.2, 0.25) is 5.91 Å². The molecule has 1 heterocycles. The van der Waals surface area contributed by atoms with Gasteiger partial charge in [0.15, 0.2) is 12.4 Å². The normalized spacial score (nSPS) is 19.3. The number of unbranched alkanes of at least 4 members (excludes halogenated alkanes) is 20. The smallest absolute Gasteiger partial charge is 0.306 e. The fourth-order valence-electron chi connectivity index (χ4n) is 9.68. The molecule has 1 aliphatic heterocycles. The van der Waals surface area contributed by atoms with E-state index in [1.54, 1.807) is 6.08 Å². The summed E-state index contributed by atoms with van der Waals surface area (Å²) in [6.07, 6.45) is 77.3. The van der Waals surface area contributed by atoms with Crippen LogP contribution in [0.4, 0.5) is 0 Å². The summed E-state index contributed by atoms with van der Waals surface area (Å²) in [5.74, 6) is -1.26. The highest BCUT2D eigenvalue weighted by Gasteiger charge is 2.47. The Morgan fingerprint density at radius 2 is 0.837 bits per heavy atom. The van der Waals surface area contributed by atoms with E-state index in [4.69, 9.17) is 14.2 Å². The Balaban J connectivity index is 2.65. The SMILES string of the molecule is CC/C=C\C/C=C\C/C=C\C/C=C\C/C=C\C/C=C\CCCCC(=O)OC1C(OCC(NC(=O)C(O)CCCCCCCCCC/C=C\C/C=C\C/C=C\C/C=C\C/C=C\CC)C(O)/C=C/CCCCCCCCCCCC)OC(CO)C(O)C1O. The fourth-order valence-corrected chi connectivity index (χ4v) is 9.68. The molecule has 1 fully saturated rings. The van der Waals surface area contributed by atoms with Gasteiger partial charge in [0.05, 0.1) is 25.4 Å². The van der Waals surface area contributed by atoms with E-state index in [0.717, 1.165) is 141 Å². The summed E-state index contributed by atoms with van der Waals surface area (Å²) < 4.78 is 17.6. The van der Waals surface area contributed by atoms with Gasteiger partial charge in [-0.1, -0.05) is 269 Å². The summed E-state index contributed by atoms with van der Waals surface area (Å²) in [5.41, 5.74) is 0. The second kappa shape index (κ2) is 60.8. The van der Waals surface area contributed by atoms with Gasteiger partial charge in [-0.3, -0.25) is 9.59 Å². The third-order valence-corrected chi connectivity index (χ3v) is 15.0. The van der Waals surface area contributed by atoms with Gasteiger partial charge in [-0.2, -0.15) is 0 Å². The van der Waals surface area contributed by atoms with Gasteiger partial charge in [-0.25, -0.2) is 0 Å². The van der Waals surface area contributed by atoms with Crippen molar-refractivity contribution >= 4 is 11.9 Å². The molecule has 1 saturated heterocycles. The number of rotatable bonds is 56. The third-order valence-electron chi connectivity index (χ3n) is 15.0. The highest BCUT2D eigenvalue weighted by atomic mass is 16.7. The van der Waals surface area contributed by atoms with E-state index in [0.29, 0.717) is 12.8 Å². The number of hydrogen-bond acceptors (Lipinski definition) is 10. The Morgan fingerprint density at radius 3 is 1.26 bits per heavy atom. The van der Waals surface area contributed by atoms with Crippen LogP contribution < -0.4 is 5.32 Å². The average Bonchev–Trinajstić information content (AvgIpc) is 3.38. The van der Waals surface area contributed by atoms with Gasteiger partial charge in [-0.15, -0.1) is 0 Å². The molecule has 0 aliphatic carbocycles. The van der Waals surface area contributed by atoms with E-state index in [-0.39, 0.29) is 19.4 Å². The summed E-state index contributed by atoms with van der Waals surface area (Å²) >= 11 is 0. The van der Waals surface area contributed by atoms with Crippen LogP contribution in [-0.4, -0.2) is 99.6 Å². The van der Waals surface area contributed by atoms with Crippen LogP contribution in [-0.2, 0) is 23.8 Å². The van der Waals surface area contributed by atoms with E-state index in [2.05, 4.69) is 160 Å². The zero-order chi connectivity index (χ0) is 62.4. The van der Waals surface area contributed by atoms with Crippen LogP contribution in [0.15, 0.2) is 146 Å². The number of allylic oxidation sites excluding steroid dienone is 23. The van der Waals surface area contributed by atoms with Gasteiger partial charge in [0.1, 0.15) is 24.4 Å². The summed E-state index contributed by atoms with van der Waals surface area (Å²) in [6.45, 7) is 5.53. The van der Waals surface area contributed by atoms with Gasteiger partial charge >= 0.3 is 5.97 Å². The van der Waals surface area contributed by atoms with E-state index < -0.39 is 67.4 Å². The van der Waals surface area contributed by atoms with Crippen molar-refractivity contribution in [2.75, 3.05) is 13.2 Å². The topological polar surface area (TPSA) is 175 Å². The Labute approximate surface area is 524 Å². The zero-order valence-corrected chi connectivity index (χ0v) is 54.1. The van der Waals surface area contributed by atoms with Crippen molar-refractivity contribution in [1.82, 2.24) is 5.32 Å². The number of amides is 1. The van der Waals surface area contributed by atoms with E-state index in [1.165, 1.54) is 64.2 Å². The number of nitrogens with one attached hydrogen (secondary N) is 1. The maximum atomic E-state index is 13.5. The minimum absolute atomic E-state index is 0.0597. The molecule has 1 rings (SSSR count). The predicted molar refractivity (Wildman–Crippen MR) is 360 cm³/mol. The number of esters is 1. The summed E-state index contributed by atoms with van der Waals surface area (Å²) in [7, 11) is 0. The van der Waals surface area contributed by atoms with Gasteiger partial charge < -0.3 is 45.1 Å². The molecule has 0 bridgehead atoms. The van der Waals surface area contributed by atoms with Crippen LogP contribution in [0.3, 0.4) is 0 Å². The van der Waals surface area contributed by atoms with Gasteiger partial charge in [0.25, 0.3) is 0 Å². The molecule has 86 heavy (non-hydrogen) atoms. The number of carbonyl (C=O) groups is 2. The third kappa shape index (κ3) is 47.6. The van der Waals surface area contributed by atoms with Crippen molar-refractivity contribution in [3.05, 3.63) is 146 Å². The summed E-state index contributed by atoms with van der Waals surface area (Å²) in [6, 6.07) is -1.05.